The first-order valence-corrected chi connectivity index (χ1v) is 4.86. The molecule has 4 N–H and O–H groups in total. The van der Waals surface area contributed by atoms with E-state index in [1.165, 1.54) is 6.07 Å². The third kappa shape index (κ3) is 2.90. The molecule has 1 aromatic rings. The first-order valence-electron chi connectivity index (χ1n) is 4.07. The SMILES string of the molecule is NC(Cc1cc(F)c(Br)cc1O)C(=O)O. The fourth-order valence-electron chi connectivity index (χ4n) is 1.07. The summed E-state index contributed by atoms with van der Waals surface area (Å²) in [6, 6.07) is 1.07. The van der Waals surface area contributed by atoms with Crippen LogP contribution in [0.4, 0.5) is 4.39 Å². The molecular formula is C9H9BrFNO3. The molecule has 0 fully saturated rings. The van der Waals surface area contributed by atoms with Crippen LogP contribution in [0.5, 0.6) is 5.75 Å². The highest BCUT2D eigenvalue weighted by atomic mass is 79.9. The van der Waals surface area contributed by atoms with Gasteiger partial charge < -0.3 is 15.9 Å². The van der Waals surface area contributed by atoms with Crippen molar-refractivity contribution in [3.05, 3.63) is 28.0 Å². The van der Waals surface area contributed by atoms with Crippen molar-refractivity contribution in [3.63, 3.8) is 0 Å². The number of phenolic OH excluding ortho intramolecular Hbond substituents is 1. The molecule has 15 heavy (non-hydrogen) atoms. The topological polar surface area (TPSA) is 83.5 Å². The van der Waals surface area contributed by atoms with E-state index in [1.807, 2.05) is 0 Å². The lowest BCUT2D eigenvalue weighted by Gasteiger charge is -2.09. The Morgan fingerprint density at radius 1 is 1.60 bits per heavy atom. The molecule has 0 spiro atoms. The largest absolute Gasteiger partial charge is 0.508 e. The van der Waals surface area contributed by atoms with Gasteiger partial charge in [0.05, 0.1) is 4.47 Å². The molecule has 0 amide bonds. The van der Waals surface area contributed by atoms with Gasteiger partial charge in [-0.15, -0.1) is 0 Å². The lowest BCUT2D eigenvalue weighted by Crippen LogP contribution is -2.32. The third-order valence-corrected chi connectivity index (χ3v) is 2.49. The van der Waals surface area contributed by atoms with Crippen LogP contribution in [0.1, 0.15) is 5.56 Å². The molecular weight excluding hydrogens is 269 g/mol. The maximum absolute atomic E-state index is 13.1. The van der Waals surface area contributed by atoms with Crippen molar-refractivity contribution in [1.29, 1.82) is 0 Å². The lowest BCUT2D eigenvalue weighted by atomic mass is 10.1. The Morgan fingerprint density at radius 2 is 2.20 bits per heavy atom. The minimum absolute atomic E-state index is 0.118. The summed E-state index contributed by atoms with van der Waals surface area (Å²) in [6.07, 6.45) is -0.120. The summed E-state index contributed by atoms with van der Waals surface area (Å²) in [5.41, 5.74) is 5.43. The summed E-state index contributed by atoms with van der Waals surface area (Å²) in [7, 11) is 0. The summed E-state index contributed by atoms with van der Waals surface area (Å²) in [5, 5.41) is 17.9. The number of rotatable bonds is 3. The van der Waals surface area contributed by atoms with Gasteiger partial charge in [0, 0.05) is 6.42 Å². The zero-order valence-corrected chi connectivity index (χ0v) is 9.16. The number of nitrogens with two attached hydrogens (primary N) is 1. The molecule has 0 heterocycles. The molecule has 1 rings (SSSR count). The summed E-state index contributed by atoms with van der Waals surface area (Å²) >= 11 is 2.89. The van der Waals surface area contributed by atoms with E-state index in [0.29, 0.717) is 0 Å². The van der Waals surface area contributed by atoms with Crippen molar-refractivity contribution in [2.75, 3.05) is 0 Å². The molecule has 82 valence electrons. The zero-order valence-electron chi connectivity index (χ0n) is 7.58. The fourth-order valence-corrected chi connectivity index (χ4v) is 1.40. The molecule has 4 nitrogen and oxygen atoms in total. The molecule has 0 saturated carbocycles. The van der Waals surface area contributed by atoms with Gasteiger partial charge in [-0.2, -0.15) is 0 Å². The Kier molecular flexibility index (Phi) is 3.65. The van der Waals surface area contributed by atoms with Crippen LogP contribution in [0.25, 0.3) is 0 Å². The third-order valence-electron chi connectivity index (χ3n) is 1.88. The number of phenols is 1. The summed E-state index contributed by atoms with van der Waals surface area (Å²) < 4.78 is 13.2. The number of hydrogen-bond acceptors (Lipinski definition) is 3. The van der Waals surface area contributed by atoms with Crippen LogP contribution in [0.15, 0.2) is 16.6 Å². The molecule has 0 saturated heterocycles. The standard InChI is InChI=1S/C9H9BrFNO3/c10-5-3-8(13)4(1-6(5)11)2-7(12)9(14)15/h1,3,7,13H,2,12H2,(H,14,15). The summed E-state index contributed by atoms with van der Waals surface area (Å²) in [5.74, 6) is -1.95. The second kappa shape index (κ2) is 4.59. The van der Waals surface area contributed by atoms with Crippen LogP contribution >= 0.6 is 15.9 Å². The van der Waals surface area contributed by atoms with Gasteiger partial charge in [-0.3, -0.25) is 4.79 Å². The Balaban J connectivity index is 2.95. The number of aromatic hydroxyl groups is 1. The number of carboxylic acids is 1. The van der Waals surface area contributed by atoms with Crippen molar-refractivity contribution in [2.45, 2.75) is 12.5 Å². The highest BCUT2D eigenvalue weighted by Crippen LogP contribution is 2.26. The summed E-state index contributed by atoms with van der Waals surface area (Å²) in [6.45, 7) is 0. The van der Waals surface area contributed by atoms with Crippen molar-refractivity contribution < 1.29 is 19.4 Å². The van der Waals surface area contributed by atoms with E-state index >= 15 is 0 Å². The second-order valence-corrected chi connectivity index (χ2v) is 3.90. The molecule has 6 heteroatoms. The van der Waals surface area contributed by atoms with Crippen LogP contribution in [0.2, 0.25) is 0 Å². The van der Waals surface area contributed by atoms with Gasteiger partial charge in [0.1, 0.15) is 17.6 Å². The Labute approximate surface area is 93.6 Å². The van der Waals surface area contributed by atoms with E-state index in [4.69, 9.17) is 10.8 Å². The van der Waals surface area contributed by atoms with Crippen molar-refractivity contribution in [1.82, 2.24) is 0 Å². The zero-order chi connectivity index (χ0) is 11.6. The van der Waals surface area contributed by atoms with E-state index in [1.54, 1.807) is 0 Å². The van der Waals surface area contributed by atoms with Gasteiger partial charge >= 0.3 is 5.97 Å². The molecule has 1 aromatic carbocycles. The molecule has 1 atom stereocenters. The number of aliphatic carboxylic acids is 1. The Hall–Kier alpha value is -1.14. The predicted octanol–water partition coefficient (Wildman–Crippen LogP) is 1.25. The van der Waals surface area contributed by atoms with Gasteiger partial charge in [-0.05, 0) is 33.6 Å². The Bertz CT molecular complexity index is 397. The van der Waals surface area contributed by atoms with E-state index in [-0.39, 0.29) is 22.2 Å². The lowest BCUT2D eigenvalue weighted by molar-refractivity contribution is -0.138. The van der Waals surface area contributed by atoms with Crippen LogP contribution in [0.3, 0.4) is 0 Å². The van der Waals surface area contributed by atoms with Crippen LogP contribution in [-0.2, 0) is 11.2 Å². The molecule has 0 radical (unpaired) electrons. The minimum Gasteiger partial charge on any atom is -0.508 e. The minimum atomic E-state index is -1.20. The van der Waals surface area contributed by atoms with Crippen LogP contribution in [0, 0.1) is 5.82 Å². The van der Waals surface area contributed by atoms with Gasteiger partial charge in [-0.1, -0.05) is 0 Å². The van der Waals surface area contributed by atoms with Crippen molar-refractivity contribution in [2.24, 2.45) is 5.73 Å². The fraction of sp³-hybridized carbons (Fsp3) is 0.222. The molecule has 1 unspecified atom stereocenters. The number of halogens is 2. The highest BCUT2D eigenvalue weighted by Gasteiger charge is 2.16. The van der Waals surface area contributed by atoms with Crippen molar-refractivity contribution in [3.8, 4) is 5.75 Å². The quantitative estimate of drug-likeness (QED) is 0.777. The summed E-state index contributed by atoms with van der Waals surface area (Å²) in [4.78, 5) is 10.5. The normalized spacial score (nSPS) is 12.5. The van der Waals surface area contributed by atoms with E-state index < -0.39 is 17.8 Å². The van der Waals surface area contributed by atoms with E-state index in [2.05, 4.69) is 15.9 Å². The van der Waals surface area contributed by atoms with Gasteiger partial charge in [0.2, 0.25) is 0 Å². The number of benzene rings is 1. The van der Waals surface area contributed by atoms with Gasteiger partial charge in [-0.25, -0.2) is 4.39 Å². The van der Waals surface area contributed by atoms with Gasteiger partial charge in [0.25, 0.3) is 0 Å². The molecule has 0 aromatic heterocycles. The maximum atomic E-state index is 13.1. The Morgan fingerprint density at radius 3 is 2.73 bits per heavy atom. The van der Waals surface area contributed by atoms with Gasteiger partial charge in [0.15, 0.2) is 0 Å². The average molecular weight is 278 g/mol. The number of hydrogen-bond donors (Lipinski definition) is 3. The van der Waals surface area contributed by atoms with Crippen LogP contribution < -0.4 is 5.73 Å². The molecule has 0 aliphatic carbocycles. The smallest absolute Gasteiger partial charge is 0.320 e. The molecule has 0 bridgehead atoms. The van der Waals surface area contributed by atoms with Crippen LogP contribution in [-0.4, -0.2) is 22.2 Å². The molecule has 0 aliphatic rings. The first-order chi connectivity index (χ1) is 6.91. The molecule has 0 aliphatic heterocycles. The van der Waals surface area contributed by atoms with Crippen molar-refractivity contribution >= 4 is 21.9 Å². The van der Waals surface area contributed by atoms with E-state index in [9.17, 15) is 14.3 Å². The second-order valence-electron chi connectivity index (χ2n) is 3.04. The first kappa shape index (κ1) is 11.9. The monoisotopic (exact) mass is 277 g/mol. The maximum Gasteiger partial charge on any atom is 0.320 e. The number of carbonyl (C=O) groups is 1. The highest BCUT2D eigenvalue weighted by molar-refractivity contribution is 9.10. The predicted molar refractivity (Wildman–Crippen MR) is 55.1 cm³/mol. The number of carboxylic acid groups (broad SMARTS) is 1. The average Bonchev–Trinajstić information content (AvgIpc) is 2.13. The van der Waals surface area contributed by atoms with E-state index in [0.717, 1.165) is 6.07 Å².